The summed E-state index contributed by atoms with van der Waals surface area (Å²) in [5, 5.41) is 11.1. The third kappa shape index (κ3) is 3.36. The molecule has 24 heavy (non-hydrogen) atoms. The van der Waals surface area contributed by atoms with Crippen molar-refractivity contribution in [3.05, 3.63) is 28.8 Å². The van der Waals surface area contributed by atoms with Crippen LogP contribution in [-0.4, -0.2) is 38.8 Å². The number of aryl methyl sites for hydroxylation is 3. The summed E-state index contributed by atoms with van der Waals surface area (Å²) in [6.07, 6.45) is 2.72. The first-order valence-electron chi connectivity index (χ1n) is 8.43. The standard InChI is InChI=1S/C17H25N5O2/c1-11-10-15(20-24-11)18-16(23)7-9-22-8-5-6-14(22)17-12(2)19-21(4)13(17)3/h10,14H,5-9H2,1-4H3,(H,18,20,23)/t14-/m0/s1. The van der Waals surface area contributed by atoms with Gasteiger partial charge in [-0.25, -0.2) is 0 Å². The zero-order valence-corrected chi connectivity index (χ0v) is 14.8. The molecule has 0 unspecified atom stereocenters. The Morgan fingerprint density at radius 3 is 2.83 bits per heavy atom. The number of aromatic nitrogens is 3. The van der Waals surface area contributed by atoms with Gasteiger partial charge in [-0.3, -0.25) is 14.4 Å². The van der Waals surface area contributed by atoms with Crippen molar-refractivity contribution in [3.8, 4) is 0 Å². The van der Waals surface area contributed by atoms with Gasteiger partial charge in [0.2, 0.25) is 5.91 Å². The maximum atomic E-state index is 12.1. The van der Waals surface area contributed by atoms with Gasteiger partial charge >= 0.3 is 0 Å². The van der Waals surface area contributed by atoms with Crippen LogP contribution in [0.15, 0.2) is 10.6 Å². The number of likely N-dealkylation sites (tertiary alicyclic amines) is 1. The molecule has 1 aliphatic rings. The number of carbonyl (C=O) groups is 1. The minimum atomic E-state index is -0.0337. The molecule has 130 valence electrons. The number of amides is 1. The molecule has 0 bridgehead atoms. The van der Waals surface area contributed by atoms with E-state index < -0.39 is 0 Å². The van der Waals surface area contributed by atoms with Crippen LogP contribution in [-0.2, 0) is 11.8 Å². The van der Waals surface area contributed by atoms with E-state index in [1.165, 1.54) is 11.3 Å². The summed E-state index contributed by atoms with van der Waals surface area (Å²) in [6.45, 7) is 7.75. The second-order valence-electron chi connectivity index (χ2n) is 6.52. The SMILES string of the molecule is Cc1cc(NC(=O)CCN2CCC[C@H]2c2c(C)nn(C)c2C)no1. The van der Waals surface area contributed by atoms with E-state index in [4.69, 9.17) is 4.52 Å². The Bertz CT molecular complexity index is 733. The largest absolute Gasteiger partial charge is 0.360 e. The Hall–Kier alpha value is -2.15. The summed E-state index contributed by atoms with van der Waals surface area (Å²) >= 11 is 0. The second kappa shape index (κ2) is 6.76. The first-order chi connectivity index (χ1) is 11.5. The van der Waals surface area contributed by atoms with Crippen molar-refractivity contribution in [1.82, 2.24) is 19.8 Å². The van der Waals surface area contributed by atoms with E-state index in [0.717, 1.165) is 31.6 Å². The monoisotopic (exact) mass is 331 g/mol. The third-order valence-corrected chi connectivity index (χ3v) is 4.78. The fourth-order valence-corrected chi connectivity index (χ4v) is 3.57. The van der Waals surface area contributed by atoms with Crippen LogP contribution < -0.4 is 5.32 Å². The minimum Gasteiger partial charge on any atom is -0.360 e. The van der Waals surface area contributed by atoms with Gasteiger partial charge < -0.3 is 9.84 Å². The van der Waals surface area contributed by atoms with Crippen LogP contribution >= 0.6 is 0 Å². The molecule has 1 fully saturated rings. The molecule has 0 spiro atoms. The van der Waals surface area contributed by atoms with Crippen LogP contribution in [0.25, 0.3) is 0 Å². The molecule has 1 N–H and O–H groups in total. The summed E-state index contributed by atoms with van der Waals surface area (Å²) in [5.74, 6) is 1.13. The summed E-state index contributed by atoms with van der Waals surface area (Å²) in [5.41, 5.74) is 3.63. The van der Waals surface area contributed by atoms with Gasteiger partial charge in [-0.1, -0.05) is 5.16 Å². The Morgan fingerprint density at radius 2 is 2.21 bits per heavy atom. The molecule has 1 saturated heterocycles. The summed E-state index contributed by atoms with van der Waals surface area (Å²) in [7, 11) is 1.98. The maximum absolute atomic E-state index is 12.1. The second-order valence-corrected chi connectivity index (χ2v) is 6.52. The number of anilines is 1. The Labute approximate surface area is 142 Å². The van der Waals surface area contributed by atoms with E-state index in [1.54, 1.807) is 13.0 Å². The zero-order chi connectivity index (χ0) is 17.3. The highest BCUT2D eigenvalue weighted by molar-refractivity contribution is 5.89. The molecule has 0 aromatic carbocycles. The molecule has 2 aromatic heterocycles. The average Bonchev–Trinajstić information content (AvgIpc) is 3.19. The highest BCUT2D eigenvalue weighted by Gasteiger charge is 2.30. The lowest BCUT2D eigenvalue weighted by molar-refractivity contribution is -0.116. The zero-order valence-electron chi connectivity index (χ0n) is 14.8. The molecule has 3 heterocycles. The fraction of sp³-hybridized carbons (Fsp3) is 0.588. The Kier molecular flexibility index (Phi) is 4.71. The van der Waals surface area contributed by atoms with Crippen LogP contribution in [0, 0.1) is 20.8 Å². The predicted molar refractivity (Wildman–Crippen MR) is 90.7 cm³/mol. The summed E-state index contributed by atoms with van der Waals surface area (Å²) in [4.78, 5) is 14.5. The fourth-order valence-electron chi connectivity index (χ4n) is 3.57. The van der Waals surface area contributed by atoms with Crippen molar-refractivity contribution in [2.24, 2.45) is 7.05 Å². The van der Waals surface area contributed by atoms with Gasteiger partial charge in [0.25, 0.3) is 0 Å². The van der Waals surface area contributed by atoms with E-state index >= 15 is 0 Å². The van der Waals surface area contributed by atoms with Gasteiger partial charge in [-0.15, -0.1) is 0 Å². The van der Waals surface area contributed by atoms with Gasteiger partial charge in [0.15, 0.2) is 5.82 Å². The lowest BCUT2D eigenvalue weighted by Gasteiger charge is -2.24. The summed E-state index contributed by atoms with van der Waals surface area (Å²) in [6, 6.07) is 2.08. The molecule has 0 radical (unpaired) electrons. The molecule has 1 atom stereocenters. The number of nitrogens with one attached hydrogen (secondary N) is 1. The predicted octanol–water partition coefficient (Wildman–Crippen LogP) is 2.50. The van der Waals surface area contributed by atoms with Crippen molar-refractivity contribution in [3.63, 3.8) is 0 Å². The Morgan fingerprint density at radius 1 is 1.42 bits per heavy atom. The van der Waals surface area contributed by atoms with E-state index in [2.05, 4.69) is 34.3 Å². The number of hydrogen-bond donors (Lipinski definition) is 1. The first-order valence-corrected chi connectivity index (χ1v) is 8.43. The van der Waals surface area contributed by atoms with E-state index in [1.807, 2.05) is 11.7 Å². The van der Waals surface area contributed by atoms with Gasteiger partial charge in [-0.05, 0) is 40.2 Å². The van der Waals surface area contributed by atoms with Crippen molar-refractivity contribution in [2.75, 3.05) is 18.4 Å². The normalized spacial score (nSPS) is 18.2. The summed E-state index contributed by atoms with van der Waals surface area (Å²) < 4.78 is 6.91. The Balaban J connectivity index is 1.61. The van der Waals surface area contributed by atoms with Crippen LogP contribution in [0.3, 0.4) is 0 Å². The molecule has 1 aliphatic heterocycles. The van der Waals surface area contributed by atoms with Crippen molar-refractivity contribution in [2.45, 2.75) is 46.1 Å². The first kappa shape index (κ1) is 16.7. The van der Waals surface area contributed by atoms with Crippen molar-refractivity contribution in [1.29, 1.82) is 0 Å². The van der Waals surface area contributed by atoms with Crippen LogP contribution in [0.1, 0.15) is 48.0 Å². The lowest BCUT2D eigenvalue weighted by Crippen LogP contribution is -2.28. The molecule has 7 heteroatoms. The van der Waals surface area contributed by atoms with Crippen molar-refractivity contribution < 1.29 is 9.32 Å². The molecule has 0 saturated carbocycles. The van der Waals surface area contributed by atoms with Crippen molar-refractivity contribution >= 4 is 11.7 Å². The smallest absolute Gasteiger partial charge is 0.226 e. The van der Waals surface area contributed by atoms with Gasteiger partial charge in [0.05, 0.1) is 5.69 Å². The molecule has 3 rings (SSSR count). The van der Waals surface area contributed by atoms with E-state index in [9.17, 15) is 4.79 Å². The number of hydrogen-bond acceptors (Lipinski definition) is 5. The topological polar surface area (TPSA) is 76.2 Å². The van der Waals surface area contributed by atoms with E-state index in [0.29, 0.717) is 24.0 Å². The molecule has 0 aliphatic carbocycles. The number of carbonyl (C=O) groups excluding carboxylic acids is 1. The highest BCUT2D eigenvalue weighted by Crippen LogP contribution is 2.35. The maximum Gasteiger partial charge on any atom is 0.226 e. The average molecular weight is 331 g/mol. The highest BCUT2D eigenvalue weighted by atomic mass is 16.5. The molecule has 1 amide bonds. The quantitative estimate of drug-likeness (QED) is 0.911. The van der Waals surface area contributed by atoms with Gasteiger partial charge in [0, 0.05) is 43.4 Å². The number of rotatable bonds is 5. The minimum absolute atomic E-state index is 0.0337. The lowest BCUT2D eigenvalue weighted by atomic mass is 10.0. The van der Waals surface area contributed by atoms with E-state index in [-0.39, 0.29) is 5.91 Å². The van der Waals surface area contributed by atoms with Crippen LogP contribution in [0.2, 0.25) is 0 Å². The molecular weight excluding hydrogens is 306 g/mol. The molecule has 2 aromatic rings. The number of nitrogens with zero attached hydrogens (tertiary/aromatic N) is 4. The molecular formula is C17H25N5O2. The third-order valence-electron chi connectivity index (χ3n) is 4.78. The van der Waals surface area contributed by atoms with Gasteiger partial charge in [0.1, 0.15) is 5.76 Å². The molecule has 7 nitrogen and oxygen atoms in total. The van der Waals surface area contributed by atoms with Crippen LogP contribution in [0.4, 0.5) is 5.82 Å². The van der Waals surface area contributed by atoms with Gasteiger partial charge in [-0.2, -0.15) is 5.10 Å². The van der Waals surface area contributed by atoms with Crippen LogP contribution in [0.5, 0.6) is 0 Å².